The van der Waals surface area contributed by atoms with Crippen molar-refractivity contribution in [3.8, 4) is 0 Å². The predicted molar refractivity (Wildman–Crippen MR) is 51.2 cm³/mol. The molecule has 1 rings (SSSR count). The Morgan fingerprint density at radius 1 is 1.46 bits per heavy atom. The van der Waals surface area contributed by atoms with Crippen LogP contribution in [0.1, 0.15) is 27.2 Å². The van der Waals surface area contributed by atoms with E-state index in [0.29, 0.717) is 12.5 Å². The number of β-amino-alcohol motifs (C(OH)–C–C–N with tert-alkyl or cyclic N) is 1. The molecule has 0 saturated carbocycles. The SMILES string of the molecule is CC(C)C(C)C(=O)N1CC[C@H](O)C1. The average molecular weight is 185 g/mol. The van der Waals surface area contributed by atoms with Crippen LogP contribution in [0.5, 0.6) is 0 Å². The Balaban J connectivity index is 2.48. The zero-order valence-corrected chi connectivity index (χ0v) is 8.66. The summed E-state index contributed by atoms with van der Waals surface area (Å²) < 4.78 is 0. The number of aliphatic hydroxyl groups is 1. The molecule has 3 nitrogen and oxygen atoms in total. The fourth-order valence-corrected chi connectivity index (χ4v) is 1.52. The lowest BCUT2D eigenvalue weighted by Gasteiger charge is -2.22. The summed E-state index contributed by atoms with van der Waals surface area (Å²) in [6.07, 6.45) is 0.430. The molecule has 1 aliphatic rings. The third kappa shape index (κ3) is 2.44. The van der Waals surface area contributed by atoms with Gasteiger partial charge in [-0.1, -0.05) is 20.8 Å². The standard InChI is InChI=1S/C10H19NO2/c1-7(2)8(3)10(13)11-5-4-9(12)6-11/h7-9,12H,4-6H2,1-3H3/t8?,9-/m0/s1. The summed E-state index contributed by atoms with van der Waals surface area (Å²) in [6, 6.07) is 0. The maximum Gasteiger partial charge on any atom is 0.225 e. The van der Waals surface area contributed by atoms with Gasteiger partial charge in [0.15, 0.2) is 0 Å². The Morgan fingerprint density at radius 3 is 2.46 bits per heavy atom. The monoisotopic (exact) mass is 185 g/mol. The molecule has 0 radical (unpaired) electrons. The molecule has 1 amide bonds. The van der Waals surface area contributed by atoms with Gasteiger partial charge in [-0.05, 0) is 12.3 Å². The lowest BCUT2D eigenvalue weighted by atomic mass is 9.97. The molecular formula is C10H19NO2. The highest BCUT2D eigenvalue weighted by Crippen LogP contribution is 2.17. The Labute approximate surface area is 79.7 Å². The van der Waals surface area contributed by atoms with Gasteiger partial charge in [0, 0.05) is 19.0 Å². The van der Waals surface area contributed by atoms with E-state index in [9.17, 15) is 9.90 Å². The number of likely N-dealkylation sites (tertiary alicyclic amines) is 1. The van der Waals surface area contributed by atoms with Crippen molar-refractivity contribution in [1.82, 2.24) is 4.90 Å². The number of nitrogens with zero attached hydrogens (tertiary/aromatic N) is 1. The van der Waals surface area contributed by atoms with Crippen LogP contribution in [0.4, 0.5) is 0 Å². The molecule has 0 aliphatic carbocycles. The van der Waals surface area contributed by atoms with E-state index >= 15 is 0 Å². The van der Waals surface area contributed by atoms with Crippen molar-refractivity contribution in [1.29, 1.82) is 0 Å². The van der Waals surface area contributed by atoms with Gasteiger partial charge in [0.2, 0.25) is 5.91 Å². The summed E-state index contributed by atoms with van der Waals surface area (Å²) in [6.45, 7) is 7.30. The molecule has 0 aromatic carbocycles. The molecule has 0 bridgehead atoms. The minimum atomic E-state index is -0.302. The van der Waals surface area contributed by atoms with Crippen LogP contribution in [0, 0.1) is 11.8 Å². The van der Waals surface area contributed by atoms with Gasteiger partial charge in [0.1, 0.15) is 0 Å². The Morgan fingerprint density at radius 2 is 2.08 bits per heavy atom. The first-order chi connectivity index (χ1) is 6.02. The van der Waals surface area contributed by atoms with Crippen molar-refractivity contribution in [3.63, 3.8) is 0 Å². The van der Waals surface area contributed by atoms with Crippen LogP contribution in [0.25, 0.3) is 0 Å². The van der Waals surface area contributed by atoms with Gasteiger partial charge in [-0.2, -0.15) is 0 Å². The number of hydrogen-bond donors (Lipinski definition) is 1. The fraction of sp³-hybridized carbons (Fsp3) is 0.900. The molecule has 1 aliphatic heterocycles. The van der Waals surface area contributed by atoms with Gasteiger partial charge < -0.3 is 10.0 Å². The molecule has 2 atom stereocenters. The second-order valence-electron chi connectivity index (χ2n) is 4.26. The third-order valence-corrected chi connectivity index (χ3v) is 2.86. The van der Waals surface area contributed by atoms with Gasteiger partial charge in [-0.25, -0.2) is 0 Å². The molecule has 0 spiro atoms. The first-order valence-corrected chi connectivity index (χ1v) is 4.99. The van der Waals surface area contributed by atoms with E-state index in [-0.39, 0.29) is 17.9 Å². The number of hydrogen-bond acceptors (Lipinski definition) is 2. The highest BCUT2D eigenvalue weighted by Gasteiger charge is 2.28. The van der Waals surface area contributed by atoms with E-state index in [1.165, 1.54) is 0 Å². The molecule has 76 valence electrons. The Kier molecular flexibility index (Phi) is 3.31. The predicted octanol–water partition coefficient (Wildman–Crippen LogP) is 0.872. The first-order valence-electron chi connectivity index (χ1n) is 4.99. The minimum Gasteiger partial charge on any atom is -0.391 e. The van der Waals surface area contributed by atoms with Crippen LogP contribution < -0.4 is 0 Å². The lowest BCUT2D eigenvalue weighted by Crippen LogP contribution is -2.35. The Hall–Kier alpha value is -0.570. The number of carbonyl (C=O) groups excluding carboxylic acids is 1. The van der Waals surface area contributed by atoms with Crippen molar-refractivity contribution in [2.24, 2.45) is 11.8 Å². The molecule has 0 aromatic heterocycles. The van der Waals surface area contributed by atoms with Gasteiger partial charge in [0.25, 0.3) is 0 Å². The highest BCUT2D eigenvalue weighted by atomic mass is 16.3. The second-order valence-corrected chi connectivity index (χ2v) is 4.26. The summed E-state index contributed by atoms with van der Waals surface area (Å²) in [4.78, 5) is 13.5. The van der Waals surface area contributed by atoms with Crippen molar-refractivity contribution in [3.05, 3.63) is 0 Å². The van der Waals surface area contributed by atoms with E-state index in [1.54, 1.807) is 4.90 Å². The van der Waals surface area contributed by atoms with Gasteiger partial charge in [-0.15, -0.1) is 0 Å². The molecule has 0 aromatic rings. The van der Waals surface area contributed by atoms with Crippen LogP contribution in [0.3, 0.4) is 0 Å². The molecule has 1 saturated heterocycles. The maximum absolute atomic E-state index is 11.7. The number of amides is 1. The van der Waals surface area contributed by atoms with Crippen LogP contribution >= 0.6 is 0 Å². The zero-order valence-electron chi connectivity index (χ0n) is 8.66. The summed E-state index contributed by atoms with van der Waals surface area (Å²) in [5.41, 5.74) is 0. The van der Waals surface area contributed by atoms with E-state index in [4.69, 9.17) is 0 Å². The average Bonchev–Trinajstić information content (AvgIpc) is 2.49. The number of carbonyl (C=O) groups is 1. The highest BCUT2D eigenvalue weighted by molar-refractivity contribution is 5.79. The van der Waals surface area contributed by atoms with Gasteiger partial charge in [0.05, 0.1) is 6.10 Å². The molecule has 13 heavy (non-hydrogen) atoms. The largest absolute Gasteiger partial charge is 0.391 e. The van der Waals surface area contributed by atoms with Crippen molar-refractivity contribution in [2.75, 3.05) is 13.1 Å². The van der Waals surface area contributed by atoms with Crippen LogP contribution in [0.15, 0.2) is 0 Å². The van der Waals surface area contributed by atoms with Crippen molar-refractivity contribution < 1.29 is 9.90 Å². The molecule has 1 fully saturated rings. The fourth-order valence-electron chi connectivity index (χ4n) is 1.52. The van der Waals surface area contributed by atoms with Gasteiger partial charge in [-0.3, -0.25) is 4.79 Å². The first kappa shape index (κ1) is 10.5. The second kappa shape index (κ2) is 4.09. The van der Waals surface area contributed by atoms with E-state index in [0.717, 1.165) is 13.0 Å². The third-order valence-electron chi connectivity index (χ3n) is 2.86. The molecule has 1 unspecified atom stereocenters. The lowest BCUT2D eigenvalue weighted by molar-refractivity contribution is -0.135. The topological polar surface area (TPSA) is 40.5 Å². The minimum absolute atomic E-state index is 0.0744. The maximum atomic E-state index is 11.7. The van der Waals surface area contributed by atoms with Crippen LogP contribution in [-0.4, -0.2) is 35.1 Å². The van der Waals surface area contributed by atoms with Crippen LogP contribution in [0.2, 0.25) is 0 Å². The quantitative estimate of drug-likeness (QED) is 0.693. The Bertz CT molecular complexity index is 191. The van der Waals surface area contributed by atoms with Crippen molar-refractivity contribution in [2.45, 2.75) is 33.3 Å². The van der Waals surface area contributed by atoms with Crippen LogP contribution in [-0.2, 0) is 4.79 Å². The molecule has 1 N–H and O–H groups in total. The van der Waals surface area contributed by atoms with E-state index in [1.807, 2.05) is 6.92 Å². The summed E-state index contributed by atoms with van der Waals surface area (Å²) in [7, 11) is 0. The smallest absolute Gasteiger partial charge is 0.225 e. The van der Waals surface area contributed by atoms with E-state index in [2.05, 4.69) is 13.8 Å². The zero-order chi connectivity index (χ0) is 10.0. The summed E-state index contributed by atoms with van der Waals surface area (Å²) >= 11 is 0. The number of aliphatic hydroxyl groups excluding tert-OH is 1. The summed E-state index contributed by atoms with van der Waals surface area (Å²) in [5, 5.41) is 9.27. The van der Waals surface area contributed by atoms with Crippen molar-refractivity contribution >= 4 is 5.91 Å². The van der Waals surface area contributed by atoms with E-state index < -0.39 is 0 Å². The number of rotatable bonds is 2. The molecular weight excluding hydrogens is 166 g/mol. The molecule has 3 heteroatoms. The normalized spacial score (nSPS) is 25.3. The summed E-state index contributed by atoms with van der Waals surface area (Å²) in [5.74, 6) is 0.641. The van der Waals surface area contributed by atoms with Gasteiger partial charge >= 0.3 is 0 Å². The molecule has 1 heterocycles.